The summed E-state index contributed by atoms with van der Waals surface area (Å²) < 4.78 is 0. The molecule has 3 N–H and O–H groups in total. The van der Waals surface area contributed by atoms with E-state index in [4.69, 9.17) is 16.7 Å². The zero-order chi connectivity index (χ0) is 18.4. The van der Waals surface area contributed by atoms with E-state index < -0.39 is 11.9 Å². The Balaban J connectivity index is 1.98. The average molecular weight is 368 g/mol. The van der Waals surface area contributed by atoms with Gasteiger partial charge in [-0.05, 0) is 37.5 Å². The number of benzene rings is 1. The number of rotatable bonds is 5. The quantitative estimate of drug-likeness (QED) is 0.742. The Labute approximate surface area is 151 Å². The number of carbonyl (C=O) groups excluding carboxylic acids is 2. The van der Waals surface area contributed by atoms with Gasteiger partial charge in [-0.25, -0.2) is 4.79 Å². The third-order valence-corrected chi connectivity index (χ3v) is 4.43. The number of likely N-dealkylation sites (tertiary alicyclic amines) is 1. The largest absolute Gasteiger partial charge is 0.481 e. The molecule has 0 bridgehead atoms. The fraction of sp³-hybridized carbons (Fsp3) is 0.471. The normalized spacial score (nSPS) is 14.9. The molecule has 0 radical (unpaired) electrons. The molecule has 1 aromatic rings. The van der Waals surface area contributed by atoms with E-state index in [9.17, 15) is 14.4 Å². The first-order valence-electron chi connectivity index (χ1n) is 8.28. The van der Waals surface area contributed by atoms with Gasteiger partial charge in [0.25, 0.3) is 0 Å². The van der Waals surface area contributed by atoms with Crippen molar-refractivity contribution in [3.63, 3.8) is 0 Å². The lowest BCUT2D eigenvalue weighted by molar-refractivity contribution is -0.143. The van der Waals surface area contributed by atoms with Gasteiger partial charge in [-0.1, -0.05) is 18.5 Å². The van der Waals surface area contributed by atoms with Crippen molar-refractivity contribution < 1.29 is 19.5 Å². The molecular formula is C17H22ClN3O4. The summed E-state index contributed by atoms with van der Waals surface area (Å²) in [6, 6.07) is 4.56. The van der Waals surface area contributed by atoms with Crippen molar-refractivity contribution in [3.05, 3.63) is 23.2 Å². The molecule has 0 aromatic heterocycles. The van der Waals surface area contributed by atoms with Gasteiger partial charge >= 0.3 is 12.0 Å². The van der Waals surface area contributed by atoms with E-state index in [1.54, 1.807) is 23.1 Å². The molecule has 3 amide bonds. The Morgan fingerprint density at radius 3 is 2.52 bits per heavy atom. The van der Waals surface area contributed by atoms with Crippen LogP contribution in [0.25, 0.3) is 0 Å². The molecule has 0 spiro atoms. The number of carboxylic acid groups (broad SMARTS) is 1. The van der Waals surface area contributed by atoms with Crippen molar-refractivity contribution in [2.45, 2.75) is 32.6 Å². The van der Waals surface area contributed by atoms with Gasteiger partial charge in [-0.15, -0.1) is 0 Å². The average Bonchev–Trinajstić information content (AvgIpc) is 2.58. The SMILES string of the molecule is CCCC(=O)Nc1ccc(Cl)c(NC(=O)N2CCC(C(=O)O)CC2)c1. The predicted molar refractivity (Wildman–Crippen MR) is 95.9 cm³/mol. The Morgan fingerprint density at radius 2 is 1.92 bits per heavy atom. The van der Waals surface area contributed by atoms with Crippen molar-refractivity contribution in [2.24, 2.45) is 5.92 Å². The highest BCUT2D eigenvalue weighted by Crippen LogP contribution is 2.27. The van der Waals surface area contributed by atoms with Gasteiger partial charge in [-0.3, -0.25) is 9.59 Å². The lowest BCUT2D eigenvalue weighted by Gasteiger charge is -2.30. The number of halogens is 1. The Kier molecular flexibility index (Phi) is 6.64. The van der Waals surface area contributed by atoms with Gasteiger partial charge in [-0.2, -0.15) is 0 Å². The van der Waals surface area contributed by atoms with Crippen LogP contribution in [0.1, 0.15) is 32.6 Å². The zero-order valence-electron chi connectivity index (χ0n) is 14.0. The standard InChI is InChI=1S/C17H22ClN3O4/c1-2-3-15(22)19-12-4-5-13(18)14(10-12)20-17(25)21-8-6-11(7-9-21)16(23)24/h4-5,10-11H,2-3,6-9H2,1H3,(H,19,22)(H,20,25)(H,23,24). The first kappa shape index (κ1) is 19.1. The summed E-state index contributed by atoms with van der Waals surface area (Å²) >= 11 is 6.12. The number of aliphatic carboxylic acids is 1. The lowest BCUT2D eigenvalue weighted by atomic mass is 9.97. The van der Waals surface area contributed by atoms with E-state index in [0.717, 1.165) is 6.42 Å². The van der Waals surface area contributed by atoms with Gasteiger partial charge in [0.05, 0.1) is 16.6 Å². The molecule has 1 fully saturated rings. The summed E-state index contributed by atoms with van der Waals surface area (Å²) in [7, 11) is 0. The van der Waals surface area contributed by atoms with Crippen molar-refractivity contribution >= 4 is 40.9 Å². The first-order chi connectivity index (χ1) is 11.9. The molecule has 1 saturated heterocycles. The Bertz CT molecular complexity index is 657. The zero-order valence-corrected chi connectivity index (χ0v) is 14.8. The molecule has 1 aromatic carbocycles. The lowest BCUT2D eigenvalue weighted by Crippen LogP contribution is -2.42. The van der Waals surface area contributed by atoms with E-state index in [-0.39, 0.29) is 11.9 Å². The highest BCUT2D eigenvalue weighted by Gasteiger charge is 2.27. The monoisotopic (exact) mass is 367 g/mol. The van der Waals surface area contributed by atoms with Gasteiger partial charge in [0.2, 0.25) is 5.91 Å². The number of carboxylic acids is 1. The minimum absolute atomic E-state index is 0.0992. The number of anilines is 2. The van der Waals surface area contributed by atoms with E-state index in [2.05, 4.69) is 10.6 Å². The van der Waals surface area contributed by atoms with Crippen LogP contribution in [0, 0.1) is 5.92 Å². The first-order valence-corrected chi connectivity index (χ1v) is 8.66. The summed E-state index contributed by atoms with van der Waals surface area (Å²) in [5.41, 5.74) is 0.962. The van der Waals surface area contributed by atoms with E-state index in [0.29, 0.717) is 48.7 Å². The number of amides is 3. The number of nitrogens with one attached hydrogen (secondary N) is 2. The van der Waals surface area contributed by atoms with Crippen LogP contribution in [0.15, 0.2) is 18.2 Å². The molecule has 1 heterocycles. The van der Waals surface area contributed by atoms with Crippen LogP contribution in [0.2, 0.25) is 5.02 Å². The summed E-state index contributed by atoms with van der Waals surface area (Å²) in [6.07, 6.45) is 2.03. The molecule has 1 aliphatic rings. The highest BCUT2D eigenvalue weighted by molar-refractivity contribution is 6.33. The summed E-state index contributed by atoms with van der Waals surface area (Å²) in [5, 5.41) is 14.8. The Hall–Kier alpha value is -2.28. The Morgan fingerprint density at radius 1 is 1.24 bits per heavy atom. The molecular weight excluding hydrogens is 346 g/mol. The second-order valence-corrected chi connectivity index (χ2v) is 6.43. The van der Waals surface area contributed by atoms with E-state index in [1.807, 2.05) is 6.92 Å². The van der Waals surface area contributed by atoms with Crippen molar-refractivity contribution in [1.29, 1.82) is 0 Å². The number of carbonyl (C=O) groups is 3. The molecule has 0 atom stereocenters. The minimum atomic E-state index is -0.821. The number of hydrogen-bond acceptors (Lipinski definition) is 3. The second kappa shape index (κ2) is 8.71. The highest BCUT2D eigenvalue weighted by atomic mass is 35.5. The third kappa shape index (κ3) is 5.35. The van der Waals surface area contributed by atoms with Crippen LogP contribution in [-0.4, -0.2) is 41.0 Å². The predicted octanol–water partition coefficient (Wildman–Crippen LogP) is 3.41. The molecule has 25 heavy (non-hydrogen) atoms. The maximum atomic E-state index is 12.4. The molecule has 136 valence electrons. The molecule has 0 aliphatic carbocycles. The summed E-state index contributed by atoms with van der Waals surface area (Å²) in [4.78, 5) is 36.6. The second-order valence-electron chi connectivity index (χ2n) is 6.02. The van der Waals surface area contributed by atoms with Crippen molar-refractivity contribution in [3.8, 4) is 0 Å². The minimum Gasteiger partial charge on any atom is -0.481 e. The third-order valence-electron chi connectivity index (χ3n) is 4.10. The topological polar surface area (TPSA) is 98.7 Å². The maximum Gasteiger partial charge on any atom is 0.321 e. The van der Waals surface area contributed by atoms with Crippen LogP contribution in [0.5, 0.6) is 0 Å². The van der Waals surface area contributed by atoms with Gasteiger partial charge in [0, 0.05) is 25.2 Å². The van der Waals surface area contributed by atoms with Gasteiger partial charge in [0.1, 0.15) is 0 Å². The van der Waals surface area contributed by atoms with E-state index >= 15 is 0 Å². The van der Waals surface area contributed by atoms with E-state index in [1.165, 1.54) is 0 Å². The van der Waals surface area contributed by atoms with Gasteiger partial charge in [0.15, 0.2) is 0 Å². The van der Waals surface area contributed by atoms with Crippen molar-refractivity contribution in [1.82, 2.24) is 4.90 Å². The fourth-order valence-corrected chi connectivity index (χ4v) is 2.84. The number of hydrogen-bond donors (Lipinski definition) is 3. The van der Waals surface area contributed by atoms with Crippen molar-refractivity contribution in [2.75, 3.05) is 23.7 Å². The van der Waals surface area contributed by atoms with Crippen LogP contribution in [0.4, 0.5) is 16.2 Å². The smallest absolute Gasteiger partial charge is 0.321 e. The summed E-state index contributed by atoms with van der Waals surface area (Å²) in [6.45, 7) is 2.68. The number of nitrogens with zero attached hydrogens (tertiary/aromatic N) is 1. The molecule has 0 saturated carbocycles. The molecule has 8 heteroatoms. The van der Waals surface area contributed by atoms with Gasteiger partial charge < -0.3 is 20.6 Å². The number of piperidine rings is 1. The molecule has 7 nitrogen and oxygen atoms in total. The maximum absolute atomic E-state index is 12.4. The molecule has 2 rings (SSSR count). The van der Waals surface area contributed by atoms with Crippen LogP contribution in [0.3, 0.4) is 0 Å². The van der Waals surface area contributed by atoms with Crippen LogP contribution in [-0.2, 0) is 9.59 Å². The number of urea groups is 1. The molecule has 1 aliphatic heterocycles. The van der Waals surface area contributed by atoms with Crippen LogP contribution >= 0.6 is 11.6 Å². The molecule has 0 unspecified atom stereocenters. The fourth-order valence-electron chi connectivity index (χ4n) is 2.67. The summed E-state index contributed by atoms with van der Waals surface area (Å²) in [5.74, 6) is -1.32. The van der Waals surface area contributed by atoms with Crippen LogP contribution < -0.4 is 10.6 Å².